The summed E-state index contributed by atoms with van der Waals surface area (Å²) < 4.78 is 0. The molecule has 0 saturated carbocycles. The van der Waals surface area contributed by atoms with Crippen molar-refractivity contribution in [2.75, 3.05) is 25.5 Å². The number of aromatic nitrogens is 2. The minimum absolute atomic E-state index is 0.265. The first kappa shape index (κ1) is 12.1. The molecule has 1 fully saturated rings. The maximum absolute atomic E-state index is 8.81. The van der Waals surface area contributed by atoms with Gasteiger partial charge in [0.25, 0.3) is 0 Å². The normalized spacial score (nSPS) is 20.2. The third-order valence-electron chi connectivity index (χ3n) is 2.87. The second kappa shape index (κ2) is 4.86. The Kier molecular flexibility index (Phi) is 3.46. The fourth-order valence-corrected chi connectivity index (χ4v) is 2.12. The van der Waals surface area contributed by atoms with Crippen LogP contribution in [-0.4, -0.2) is 41.0 Å². The van der Waals surface area contributed by atoms with Gasteiger partial charge in [0, 0.05) is 12.6 Å². The molecule has 0 spiro atoms. The average molecular weight is 252 g/mol. The van der Waals surface area contributed by atoms with Crippen molar-refractivity contribution in [2.24, 2.45) is 0 Å². The topological polar surface area (TPSA) is 64.8 Å². The van der Waals surface area contributed by atoms with Gasteiger partial charge in [0.15, 0.2) is 16.7 Å². The molecule has 0 amide bonds. The number of halogens is 1. The summed E-state index contributed by atoms with van der Waals surface area (Å²) in [6.45, 7) is 3.79. The van der Waals surface area contributed by atoms with Crippen LogP contribution in [0.3, 0.4) is 0 Å². The molecule has 1 aliphatic rings. The molecule has 1 saturated heterocycles. The monoisotopic (exact) mass is 251 g/mol. The maximum Gasteiger partial charge on any atom is 0.172 e. The van der Waals surface area contributed by atoms with Gasteiger partial charge in [-0.1, -0.05) is 11.6 Å². The van der Waals surface area contributed by atoms with Gasteiger partial charge in [-0.05, 0) is 26.9 Å². The van der Waals surface area contributed by atoms with Crippen LogP contribution < -0.4 is 5.32 Å². The van der Waals surface area contributed by atoms with Crippen molar-refractivity contribution in [1.82, 2.24) is 14.9 Å². The van der Waals surface area contributed by atoms with Gasteiger partial charge < -0.3 is 10.2 Å². The molecule has 0 unspecified atom stereocenters. The van der Waals surface area contributed by atoms with Crippen LogP contribution >= 0.6 is 11.6 Å². The van der Waals surface area contributed by atoms with Crippen molar-refractivity contribution in [2.45, 2.75) is 19.4 Å². The van der Waals surface area contributed by atoms with E-state index in [4.69, 9.17) is 16.9 Å². The Morgan fingerprint density at radius 1 is 1.53 bits per heavy atom. The predicted octanol–water partition coefficient (Wildman–Crippen LogP) is 1.43. The molecule has 17 heavy (non-hydrogen) atoms. The summed E-state index contributed by atoms with van der Waals surface area (Å²) in [6.07, 6.45) is 1.06. The van der Waals surface area contributed by atoms with Gasteiger partial charge in [0.1, 0.15) is 6.07 Å². The molecule has 2 heterocycles. The predicted molar refractivity (Wildman–Crippen MR) is 66.0 cm³/mol. The quantitative estimate of drug-likeness (QED) is 0.861. The molecule has 1 aromatic rings. The lowest BCUT2D eigenvalue weighted by atomic mass is 10.2. The fourth-order valence-electron chi connectivity index (χ4n) is 1.94. The molecule has 0 aromatic carbocycles. The van der Waals surface area contributed by atoms with Crippen LogP contribution in [0, 0.1) is 18.3 Å². The van der Waals surface area contributed by atoms with Gasteiger partial charge in [-0.25, -0.2) is 9.97 Å². The minimum Gasteiger partial charge on any atom is -0.363 e. The molecule has 6 heteroatoms. The van der Waals surface area contributed by atoms with Gasteiger partial charge >= 0.3 is 0 Å². The smallest absolute Gasteiger partial charge is 0.172 e. The Labute approximate surface area is 105 Å². The van der Waals surface area contributed by atoms with Crippen molar-refractivity contribution >= 4 is 17.4 Å². The van der Waals surface area contributed by atoms with E-state index in [9.17, 15) is 0 Å². The van der Waals surface area contributed by atoms with Gasteiger partial charge in [0.2, 0.25) is 0 Å². The second-order valence-corrected chi connectivity index (χ2v) is 4.66. The number of rotatable bonds is 2. The van der Waals surface area contributed by atoms with E-state index in [1.807, 2.05) is 6.07 Å². The van der Waals surface area contributed by atoms with Crippen LogP contribution in [-0.2, 0) is 0 Å². The van der Waals surface area contributed by atoms with Crippen LogP contribution in [0.2, 0.25) is 5.15 Å². The molecule has 90 valence electrons. The Balaban J connectivity index is 2.17. The van der Waals surface area contributed by atoms with Crippen molar-refractivity contribution in [3.8, 4) is 6.07 Å². The first-order valence-corrected chi connectivity index (χ1v) is 5.87. The highest BCUT2D eigenvalue weighted by molar-refractivity contribution is 6.31. The number of anilines is 1. The van der Waals surface area contributed by atoms with Gasteiger partial charge in [0.05, 0.1) is 5.69 Å². The summed E-state index contributed by atoms with van der Waals surface area (Å²) >= 11 is 5.99. The lowest BCUT2D eigenvalue weighted by Gasteiger charge is -2.14. The number of hydrogen-bond donors (Lipinski definition) is 1. The van der Waals surface area contributed by atoms with Crippen molar-refractivity contribution < 1.29 is 0 Å². The number of aryl methyl sites for hydroxylation is 1. The minimum atomic E-state index is 0.265. The van der Waals surface area contributed by atoms with Crippen LogP contribution in [0.1, 0.15) is 17.8 Å². The zero-order valence-electron chi connectivity index (χ0n) is 9.87. The third-order valence-corrected chi connectivity index (χ3v) is 3.13. The lowest BCUT2D eigenvalue weighted by Crippen LogP contribution is -2.24. The summed E-state index contributed by atoms with van der Waals surface area (Å²) in [5, 5.41) is 12.4. The Morgan fingerprint density at radius 3 is 2.88 bits per heavy atom. The van der Waals surface area contributed by atoms with E-state index in [0.717, 1.165) is 19.5 Å². The number of nitriles is 1. The van der Waals surface area contributed by atoms with E-state index in [1.165, 1.54) is 0 Å². The van der Waals surface area contributed by atoms with Crippen molar-refractivity contribution in [3.63, 3.8) is 0 Å². The summed E-state index contributed by atoms with van der Waals surface area (Å²) in [5.41, 5.74) is 0.884. The molecule has 1 aliphatic heterocycles. The zero-order chi connectivity index (χ0) is 12.4. The molecular formula is C11H14ClN5. The Morgan fingerprint density at radius 2 is 2.29 bits per heavy atom. The number of nitrogens with one attached hydrogen (secondary N) is 1. The van der Waals surface area contributed by atoms with E-state index < -0.39 is 0 Å². The van der Waals surface area contributed by atoms with Crippen LogP contribution in [0.5, 0.6) is 0 Å². The van der Waals surface area contributed by atoms with Crippen molar-refractivity contribution in [3.05, 3.63) is 16.5 Å². The van der Waals surface area contributed by atoms with Gasteiger partial charge in [-0.3, -0.25) is 0 Å². The average Bonchev–Trinajstić information content (AvgIpc) is 2.69. The molecule has 0 aliphatic carbocycles. The number of nitrogens with zero attached hydrogens (tertiary/aromatic N) is 4. The number of likely N-dealkylation sites (N-methyl/N-ethyl adjacent to an activating group) is 1. The Hall–Kier alpha value is -1.38. The second-order valence-electron chi connectivity index (χ2n) is 4.30. The highest BCUT2D eigenvalue weighted by Crippen LogP contribution is 2.21. The molecule has 0 bridgehead atoms. The Bertz CT molecular complexity index is 468. The fraction of sp³-hybridized carbons (Fsp3) is 0.545. The van der Waals surface area contributed by atoms with E-state index >= 15 is 0 Å². The van der Waals surface area contributed by atoms with Crippen molar-refractivity contribution in [1.29, 1.82) is 5.26 Å². The molecular weight excluding hydrogens is 238 g/mol. The largest absolute Gasteiger partial charge is 0.363 e. The summed E-state index contributed by atoms with van der Waals surface area (Å²) in [7, 11) is 2.08. The van der Waals surface area contributed by atoms with Crippen LogP contribution in [0.25, 0.3) is 0 Å². The summed E-state index contributed by atoms with van der Waals surface area (Å²) in [4.78, 5) is 10.5. The maximum atomic E-state index is 8.81. The molecule has 0 radical (unpaired) electrons. The van der Waals surface area contributed by atoms with E-state index in [2.05, 4.69) is 27.2 Å². The zero-order valence-corrected chi connectivity index (χ0v) is 10.6. The molecule has 2 rings (SSSR count). The summed E-state index contributed by atoms with van der Waals surface area (Å²) in [5.74, 6) is 0.573. The highest BCUT2D eigenvalue weighted by Gasteiger charge is 2.21. The number of likely N-dealkylation sites (tertiary alicyclic amines) is 1. The van der Waals surface area contributed by atoms with Gasteiger partial charge in [-0.2, -0.15) is 5.26 Å². The SMILES string of the molecule is Cc1nc(N[C@@H]2CCN(C)C2)c(Cl)nc1C#N. The first-order chi connectivity index (χ1) is 8.10. The third kappa shape index (κ3) is 2.65. The van der Waals surface area contributed by atoms with E-state index in [0.29, 0.717) is 17.6 Å². The van der Waals surface area contributed by atoms with E-state index in [-0.39, 0.29) is 10.8 Å². The lowest BCUT2D eigenvalue weighted by molar-refractivity contribution is 0.414. The highest BCUT2D eigenvalue weighted by atomic mass is 35.5. The number of hydrogen-bond acceptors (Lipinski definition) is 5. The molecule has 1 aromatic heterocycles. The van der Waals surface area contributed by atoms with Gasteiger partial charge in [-0.15, -0.1) is 0 Å². The molecule has 1 atom stereocenters. The van der Waals surface area contributed by atoms with Crippen LogP contribution in [0.15, 0.2) is 0 Å². The molecule has 1 N–H and O–H groups in total. The molecule has 5 nitrogen and oxygen atoms in total. The van der Waals surface area contributed by atoms with E-state index in [1.54, 1.807) is 6.92 Å². The first-order valence-electron chi connectivity index (χ1n) is 5.49. The summed E-state index contributed by atoms with van der Waals surface area (Å²) in [6, 6.07) is 2.32. The standard InChI is InChI=1S/C11H14ClN5/c1-7-9(5-13)16-10(12)11(14-7)15-8-3-4-17(2)6-8/h8H,3-4,6H2,1-2H3,(H,14,15)/t8-/m1/s1. The van der Waals surface area contributed by atoms with Crippen LogP contribution in [0.4, 0.5) is 5.82 Å².